The van der Waals surface area contributed by atoms with Gasteiger partial charge in [-0.15, -0.1) is 0 Å². The zero-order valence-corrected chi connectivity index (χ0v) is 31.0. The van der Waals surface area contributed by atoms with Crippen LogP contribution in [0.5, 0.6) is 0 Å². The molecule has 0 aliphatic heterocycles. The molecule has 6 heteroatoms. The van der Waals surface area contributed by atoms with Crippen molar-refractivity contribution >= 4 is 65.4 Å². The number of benzene rings is 8. The summed E-state index contributed by atoms with van der Waals surface area (Å²) in [4.78, 5) is 20.6. The van der Waals surface area contributed by atoms with E-state index < -0.39 is 0 Å². The van der Waals surface area contributed by atoms with Gasteiger partial charge in [-0.3, -0.25) is 4.57 Å². The van der Waals surface area contributed by atoms with E-state index >= 15 is 0 Å². The second-order valence-corrected chi connectivity index (χ2v) is 14.7. The van der Waals surface area contributed by atoms with Crippen LogP contribution in [0.25, 0.3) is 116 Å². The molecule has 0 aliphatic carbocycles. The number of hydrogen-bond donors (Lipinski definition) is 0. The Labute approximate surface area is 332 Å². The van der Waals surface area contributed by atoms with Crippen LogP contribution in [0.2, 0.25) is 0 Å². The first-order valence-corrected chi connectivity index (χ1v) is 19.4. The maximum absolute atomic E-state index is 6.24. The molecule has 12 aromatic rings. The summed E-state index contributed by atoms with van der Waals surface area (Å²) in [7, 11) is 0. The second kappa shape index (κ2) is 12.8. The van der Waals surface area contributed by atoms with E-state index in [0.29, 0.717) is 23.3 Å². The minimum Gasteiger partial charge on any atom is -0.438 e. The molecule has 0 saturated heterocycles. The second-order valence-electron chi connectivity index (χ2n) is 14.7. The van der Waals surface area contributed by atoms with Crippen LogP contribution in [0, 0.1) is 0 Å². The molecule has 0 fully saturated rings. The molecule has 0 N–H and O–H groups in total. The van der Waals surface area contributed by atoms with Crippen LogP contribution in [0.1, 0.15) is 0 Å². The molecule has 0 bridgehead atoms. The molecule has 12 rings (SSSR count). The molecule has 0 radical (unpaired) electrons. The van der Waals surface area contributed by atoms with Crippen molar-refractivity contribution in [2.24, 2.45) is 0 Å². The molecular weight excluding hydrogens is 711 g/mol. The highest BCUT2D eigenvalue weighted by Gasteiger charge is 2.22. The highest BCUT2D eigenvalue weighted by atomic mass is 16.3. The molecule has 0 amide bonds. The van der Waals surface area contributed by atoms with Crippen LogP contribution in [-0.4, -0.2) is 24.5 Å². The zero-order valence-electron chi connectivity index (χ0n) is 31.0. The van der Waals surface area contributed by atoms with Crippen LogP contribution in [0.15, 0.2) is 193 Å². The number of pyridine rings is 1. The molecule has 270 valence electrons. The first-order chi connectivity index (χ1) is 28.7. The highest BCUT2D eigenvalue weighted by molar-refractivity contribution is 6.14. The van der Waals surface area contributed by atoms with Gasteiger partial charge in [0.25, 0.3) is 0 Å². The third kappa shape index (κ3) is 5.20. The minimum absolute atomic E-state index is 0.528. The van der Waals surface area contributed by atoms with E-state index in [9.17, 15) is 0 Å². The molecule has 0 saturated carbocycles. The SMILES string of the molecule is c1ccc(-c2ccc3cc(-c4nc(-c5ccnc6oc7ccccc7c56)nc(-n5c6ccc(-c7ccccc7)cc6c6cc7ccccc7cc65)n4)ccc3c2)cc1. The Balaban J connectivity index is 1.13. The fraction of sp³-hybridized carbons (Fsp3) is 0. The lowest BCUT2D eigenvalue weighted by molar-refractivity contribution is 0.654. The summed E-state index contributed by atoms with van der Waals surface area (Å²) in [6, 6.07) is 63.8. The smallest absolute Gasteiger partial charge is 0.238 e. The van der Waals surface area contributed by atoms with Crippen molar-refractivity contribution in [1.82, 2.24) is 24.5 Å². The molecule has 0 aliphatic rings. The summed E-state index contributed by atoms with van der Waals surface area (Å²) >= 11 is 0. The molecule has 58 heavy (non-hydrogen) atoms. The number of hydrogen-bond acceptors (Lipinski definition) is 5. The first-order valence-electron chi connectivity index (χ1n) is 19.4. The zero-order chi connectivity index (χ0) is 38.2. The molecule has 6 nitrogen and oxygen atoms in total. The maximum Gasteiger partial charge on any atom is 0.238 e. The van der Waals surface area contributed by atoms with E-state index in [2.05, 4.69) is 161 Å². The standard InChI is InChI=1S/C52H31N5O/c1-3-11-32(12-4-1)36-19-20-38-28-40(22-21-37(38)27-36)49-54-50(42-25-26-53-51-48(42)41-17-9-10-18-47(41)58-51)56-52(55-49)57-45-24-23-39(33-13-5-2-6-14-33)30-43(45)44-29-34-15-7-8-16-35(34)31-46(44)57/h1-31H. The van der Waals surface area contributed by atoms with E-state index in [1.54, 1.807) is 6.20 Å². The molecule has 8 aromatic carbocycles. The number of rotatable bonds is 5. The number of aromatic nitrogens is 5. The van der Waals surface area contributed by atoms with Crippen LogP contribution in [0.4, 0.5) is 0 Å². The summed E-state index contributed by atoms with van der Waals surface area (Å²) < 4.78 is 8.43. The van der Waals surface area contributed by atoms with Gasteiger partial charge in [0.1, 0.15) is 5.58 Å². The van der Waals surface area contributed by atoms with Crippen molar-refractivity contribution in [3.63, 3.8) is 0 Å². The Bertz CT molecular complexity index is 3570. The normalized spacial score (nSPS) is 11.8. The highest BCUT2D eigenvalue weighted by Crippen LogP contribution is 2.39. The van der Waals surface area contributed by atoms with Gasteiger partial charge < -0.3 is 4.42 Å². The third-order valence-electron chi connectivity index (χ3n) is 11.3. The molecule has 0 atom stereocenters. The van der Waals surface area contributed by atoms with Crippen LogP contribution < -0.4 is 0 Å². The van der Waals surface area contributed by atoms with Gasteiger partial charge in [0.15, 0.2) is 11.6 Å². The molecular formula is C52H31N5O. The first kappa shape index (κ1) is 32.3. The number of para-hydroxylation sites is 1. The third-order valence-corrected chi connectivity index (χ3v) is 11.3. The molecule has 4 heterocycles. The van der Waals surface area contributed by atoms with Crippen molar-refractivity contribution in [1.29, 1.82) is 0 Å². The molecule has 0 spiro atoms. The van der Waals surface area contributed by atoms with Crippen molar-refractivity contribution in [3.8, 4) is 51.0 Å². The lowest BCUT2D eigenvalue weighted by atomic mass is 10.00. The van der Waals surface area contributed by atoms with Crippen molar-refractivity contribution < 1.29 is 4.42 Å². The Morgan fingerprint density at radius 3 is 1.79 bits per heavy atom. The van der Waals surface area contributed by atoms with E-state index in [-0.39, 0.29) is 0 Å². The average molecular weight is 742 g/mol. The van der Waals surface area contributed by atoms with Gasteiger partial charge in [0, 0.05) is 33.5 Å². The minimum atomic E-state index is 0.528. The largest absolute Gasteiger partial charge is 0.438 e. The Kier molecular flexibility index (Phi) is 7.13. The van der Waals surface area contributed by atoms with Crippen molar-refractivity contribution in [2.45, 2.75) is 0 Å². The van der Waals surface area contributed by atoms with Gasteiger partial charge in [-0.05, 0) is 92.3 Å². The Morgan fingerprint density at radius 2 is 1.00 bits per heavy atom. The predicted octanol–water partition coefficient (Wildman–Crippen LogP) is 13.2. The number of furan rings is 1. The monoisotopic (exact) mass is 741 g/mol. The average Bonchev–Trinajstić information content (AvgIpc) is 3.83. The van der Waals surface area contributed by atoms with Gasteiger partial charge in [0.05, 0.1) is 16.4 Å². The fourth-order valence-corrected chi connectivity index (χ4v) is 8.47. The number of fused-ring (bicyclic) bond motifs is 8. The summed E-state index contributed by atoms with van der Waals surface area (Å²) in [6.07, 6.45) is 1.77. The molecule has 0 unspecified atom stereocenters. The summed E-state index contributed by atoms with van der Waals surface area (Å²) in [6.45, 7) is 0. The lowest BCUT2D eigenvalue weighted by Crippen LogP contribution is -2.06. The van der Waals surface area contributed by atoms with E-state index in [1.165, 1.54) is 16.5 Å². The summed E-state index contributed by atoms with van der Waals surface area (Å²) in [5, 5.41) is 8.64. The topological polar surface area (TPSA) is 69.6 Å². The van der Waals surface area contributed by atoms with E-state index in [0.717, 1.165) is 76.6 Å². The van der Waals surface area contributed by atoms with Crippen LogP contribution >= 0.6 is 0 Å². The Morgan fingerprint density at radius 1 is 0.397 bits per heavy atom. The molecule has 4 aromatic heterocycles. The van der Waals surface area contributed by atoms with Crippen LogP contribution in [-0.2, 0) is 0 Å². The summed E-state index contributed by atoms with van der Waals surface area (Å²) in [5.41, 5.74) is 9.72. The van der Waals surface area contributed by atoms with Gasteiger partial charge in [-0.1, -0.05) is 133 Å². The van der Waals surface area contributed by atoms with Gasteiger partial charge in [-0.2, -0.15) is 9.97 Å². The lowest BCUT2D eigenvalue weighted by Gasteiger charge is -2.12. The quantitative estimate of drug-likeness (QED) is 0.176. The van der Waals surface area contributed by atoms with Gasteiger partial charge >= 0.3 is 0 Å². The maximum atomic E-state index is 6.24. The van der Waals surface area contributed by atoms with Gasteiger partial charge in [-0.25, -0.2) is 9.97 Å². The van der Waals surface area contributed by atoms with Crippen molar-refractivity contribution in [2.75, 3.05) is 0 Å². The predicted molar refractivity (Wildman–Crippen MR) is 236 cm³/mol. The van der Waals surface area contributed by atoms with E-state index in [4.69, 9.17) is 19.4 Å². The van der Waals surface area contributed by atoms with Gasteiger partial charge in [0.2, 0.25) is 11.7 Å². The van der Waals surface area contributed by atoms with E-state index in [1.807, 2.05) is 30.3 Å². The van der Waals surface area contributed by atoms with Crippen molar-refractivity contribution in [3.05, 3.63) is 188 Å². The Hall–Kier alpha value is -7.96. The summed E-state index contributed by atoms with van der Waals surface area (Å²) in [5.74, 6) is 1.64. The fourth-order valence-electron chi connectivity index (χ4n) is 8.47. The number of nitrogens with zero attached hydrogens (tertiary/aromatic N) is 5. The van der Waals surface area contributed by atoms with Crippen LogP contribution in [0.3, 0.4) is 0 Å².